The number of nitrogens with zero attached hydrogens (tertiary/aromatic N) is 3. The molecule has 5 heteroatoms. The van der Waals surface area contributed by atoms with Gasteiger partial charge in [-0.05, 0) is 189 Å². The molecule has 0 amide bonds. The monoisotopic (exact) mass is 1460 g/mol. The van der Waals surface area contributed by atoms with Crippen molar-refractivity contribution < 1.29 is 4.42 Å². The highest BCUT2D eigenvalue weighted by Crippen LogP contribution is 2.57. The van der Waals surface area contributed by atoms with E-state index in [4.69, 9.17) is 4.42 Å². The predicted octanol–water partition coefficient (Wildman–Crippen LogP) is 28.1. The zero-order chi connectivity index (χ0) is 75.6. The van der Waals surface area contributed by atoms with E-state index in [1.54, 1.807) is 0 Å². The largest absolute Gasteiger partial charge is 0.456 e. The Morgan fingerprint density at radius 3 is 1.05 bits per heavy atom. The number of aromatic nitrogens is 1. The molecule has 19 aromatic carbocycles. The van der Waals surface area contributed by atoms with Crippen LogP contribution in [-0.2, 0) is 0 Å². The van der Waals surface area contributed by atoms with Gasteiger partial charge in [-0.2, -0.15) is 0 Å². The molecule has 0 N–H and O–H groups in total. The Morgan fingerprint density at radius 2 is 0.583 bits per heavy atom. The molecule has 2 aromatic heterocycles. The van der Waals surface area contributed by atoms with Gasteiger partial charge >= 0.3 is 0 Å². The van der Waals surface area contributed by atoms with Crippen LogP contribution < -0.4 is 26.2 Å². The molecule has 21 aromatic rings. The molecule has 4 heterocycles. The minimum absolute atomic E-state index is 0.370. The number of para-hydroxylation sites is 3. The maximum Gasteiger partial charge on any atom is 0.252 e. The van der Waals surface area contributed by atoms with Crippen LogP contribution in [0, 0.1) is 0 Å². The van der Waals surface area contributed by atoms with E-state index in [9.17, 15) is 0 Å². The first-order valence-electron chi connectivity index (χ1n) is 39.7. The number of hydrogen-bond donors (Lipinski definition) is 0. The van der Waals surface area contributed by atoms with Crippen molar-refractivity contribution in [2.45, 2.75) is 0 Å². The van der Waals surface area contributed by atoms with Crippen molar-refractivity contribution in [1.29, 1.82) is 0 Å². The summed E-state index contributed by atoms with van der Waals surface area (Å²) in [7, 11) is 0. The van der Waals surface area contributed by atoms with Gasteiger partial charge in [-0.1, -0.05) is 352 Å². The molecule has 0 fully saturated rings. The van der Waals surface area contributed by atoms with Crippen molar-refractivity contribution in [1.82, 2.24) is 4.57 Å². The van der Waals surface area contributed by atoms with Crippen LogP contribution in [0.1, 0.15) is 0 Å². The Bertz CT molecular complexity index is 7210. The molecule has 0 unspecified atom stereocenters. The van der Waals surface area contributed by atoms with E-state index in [1.165, 1.54) is 65.4 Å². The molecule has 0 saturated carbocycles. The zero-order valence-electron chi connectivity index (χ0n) is 62.7. The second-order valence-corrected chi connectivity index (χ2v) is 30.4. The molecule has 0 bridgehead atoms. The summed E-state index contributed by atoms with van der Waals surface area (Å²) in [4.78, 5) is 5.42. The first-order chi connectivity index (χ1) is 57.1. The van der Waals surface area contributed by atoms with E-state index >= 15 is 0 Å². The first-order valence-corrected chi connectivity index (χ1v) is 39.7. The third kappa shape index (κ3) is 10.6. The Morgan fingerprint density at radius 1 is 0.209 bits per heavy atom. The van der Waals surface area contributed by atoms with Crippen molar-refractivity contribution in [2.75, 3.05) is 9.80 Å². The smallest absolute Gasteiger partial charge is 0.252 e. The van der Waals surface area contributed by atoms with E-state index < -0.39 is 0 Å². The molecule has 2 aliphatic rings. The number of anilines is 6. The van der Waals surface area contributed by atoms with Crippen LogP contribution >= 0.6 is 0 Å². The summed E-state index contributed by atoms with van der Waals surface area (Å²) in [5.41, 5.74) is 35.2. The van der Waals surface area contributed by atoms with Gasteiger partial charge in [0, 0.05) is 66.5 Å². The number of furan rings is 1. The summed E-state index contributed by atoms with van der Waals surface area (Å²) in [6.07, 6.45) is 0. The van der Waals surface area contributed by atoms with Crippen molar-refractivity contribution >= 4 is 123 Å². The second-order valence-electron chi connectivity index (χ2n) is 30.4. The minimum Gasteiger partial charge on any atom is -0.456 e. The van der Waals surface area contributed by atoms with Gasteiger partial charge in [0.15, 0.2) is 0 Å². The van der Waals surface area contributed by atoms with Crippen molar-refractivity contribution in [3.05, 3.63) is 425 Å². The summed E-state index contributed by atoms with van der Waals surface area (Å²) >= 11 is 0. The molecular formula is C110H70BN3O. The fourth-order valence-electron chi connectivity index (χ4n) is 19.2. The van der Waals surface area contributed by atoms with E-state index in [-0.39, 0.29) is 6.71 Å². The highest BCUT2D eigenvalue weighted by Gasteiger charge is 2.46. The quantitative estimate of drug-likeness (QED) is 0.0900. The van der Waals surface area contributed by atoms with E-state index in [0.29, 0.717) is 0 Å². The maximum atomic E-state index is 6.79. The van der Waals surface area contributed by atoms with E-state index in [1.807, 2.05) is 0 Å². The Hall–Kier alpha value is -15.0. The van der Waals surface area contributed by atoms with Gasteiger partial charge in [-0.3, -0.25) is 0 Å². The van der Waals surface area contributed by atoms with Crippen LogP contribution in [0.4, 0.5) is 34.1 Å². The molecule has 4 nitrogen and oxygen atoms in total. The lowest BCUT2D eigenvalue weighted by Gasteiger charge is -2.46. The van der Waals surface area contributed by atoms with Crippen LogP contribution in [0.15, 0.2) is 429 Å². The highest BCUT2D eigenvalue weighted by molar-refractivity contribution is 7.00. The first kappa shape index (κ1) is 65.8. The lowest BCUT2D eigenvalue weighted by Crippen LogP contribution is -2.61. The topological polar surface area (TPSA) is 24.6 Å². The van der Waals surface area contributed by atoms with Crippen molar-refractivity contribution in [2.24, 2.45) is 0 Å². The van der Waals surface area contributed by atoms with Gasteiger partial charge in [0.1, 0.15) is 11.2 Å². The normalized spacial score (nSPS) is 12.3. The Balaban J connectivity index is 0.926. The van der Waals surface area contributed by atoms with E-state index in [2.05, 4.69) is 439 Å². The Labute approximate surface area is 667 Å². The number of benzene rings is 19. The molecular weight excluding hydrogens is 1390 g/mol. The fourth-order valence-corrected chi connectivity index (χ4v) is 19.2. The average molecular weight is 1460 g/mol. The van der Waals surface area contributed by atoms with Gasteiger partial charge in [0.05, 0.1) is 28.1 Å². The van der Waals surface area contributed by atoms with Crippen LogP contribution in [-0.4, -0.2) is 11.3 Å². The lowest BCUT2D eigenvalue weighted by molar-refractivity contribution is 0.669. The van der Waals surface area contributed by atoms with Crippen LogP contribution in [0.25, 0.3) is 171 Å². The van der Waals surface area contributed by atoms with Crippen LogP contribution in [0.5, 0.6) is 0 Å². The van der Waals surface area contributed by atoms with Gasteiger partial charge in [-0.25, -0.2) is 0 Å². The van der Waals surface area contributed by atoms with E-state index in [0.717, 1.165) is 156 Å². The lowest BCUT2D eigenvalue weighted by atomic mass is 9.33. The molecule has 0 aliphatic carbocycles. The fraction of sp³-hybridized carbons (Fsp3) is 0. The highest BCUT2D eigenvalue weighted by atomic mass is 16.3. The summed E-state index contributed by atoms with van der Waals surface area (Å²) in [5, 5.41) is 9.33. The molecule has 23 rings (SSSR count). The summed E-state index contributed by atoms with van der Waals surface area (Å²) in [5.74, 6) is 0. The molecule has 0 spiro atoms. The van der Waals surface area contributed by atoms with Gasteiger partial charge in [0.2, 0.25) is 0 Å². The summed E-state index contributed by atoms with van der Waals surface area (Å²) in [6, 6.07) is 159. The van der Waals surface area contributed by atoms with Gasteiger partial charge in [0.25, 0.3) is 6.71 Å². The Kier molecular flexibility index (Phi) is 15.4. The predicted molar refractivity (Wildman–Crippen MR) is 486 cm³/mol. The van der Waals surface area contributed by atoms with Gasteiger partial charge in [-0.15, -0.1) is 0 Å². The minimum atomic E-state index is -0.370. The number of rotatable bonds is 12. The third-order valence-electron chi connectivity index (χ3n) is 24.1. The second kappa shape index (κ2) is 26.9. The summed E-state index contributed by atoms with van der Waals surface area (Å²) in [6.45, 7) is -0.370. The number of fused-ring (bicyclic) bond motifs is 12. The molecule has 0 radical (unpaired) electrons. The molecule has 534 valence electrons. The van der Waals surface area contributed by atoms with Gasteiger partial charge < -0.3 is 18.8 Å². The molecule has 0 atom stereocenters. The molecule has 2 aliphatic heterocycles. The van der Waals surface area contributed by atoms with Crippen LogP contribution in [0.2, 0.25) is 0 Å². The van der Waals surface area contributed by atoms with Crippen molar-refractivity contribution in [3.63, 3.8) is 0 Å². The summed E-state index contributed by atoms with van der Waals surface area (Å²) < 4.78 is 9.34. The maximum absolute atomic E-state index is 6.79. The number of hydrogen-bond acceptors (Lipinski definition) is 3. The average Bonchev–Trinajstić information content (AvgIpc) is 1.11. The molecule has 0 saturated heterocycles. The zero-order valence-corrected chi connectivity index (χ0v) is 62.7. The standard InChI is InChI=1S/C110H70BN3O/c1-8-33-71(34-9-1)80-63-91(73-37-12-3-13-38-73)109(92(64-80)74-39-14-4-15-40-74)113-99-62-60-78(83-54-32-58-104-107(83)90-53-28-31-57-103(90)115-104)67-96(99)111-95-61-59-79(106-88-51-24-22-49-86(88)105(77-45-20-7-21-46-77)87-50-23-25-52-89(87)106)68-100(95)114(102-70-82(69-101(113)108(102)111)112-97-55-29-26-47-84(97)85-48-27-30-56-98(85)112)110-93(75-41-16-5-17-42-75)65-81(72-35-10-2-11-36-72)66-94(110)76-43-18-6-19-44-76/h1-70H. The third-order valence-corrected chi connectivity index (χ3v) is 24.1. The SMILES string of the molecule is c1ccc(-c2cc(-c3ccccc3)c(N3c4ccc(-c5cccc6oc7ccccc7c56)cc4B4c5ccc(-c6c7ccccc7c(-c7ccccc7)c7ccccc67)cc5N(c5c(-c6ccccc6)cc(-c6ccccc6)cc5-c5ccccc5)c5cc(-n6c7ccccc7c7ccccc76)cc3c54)c(-c3ccccc3)c2)cc1. The van der Waals surface area contributed by atoms with Crippen molar-refractivity contribution in [3.8, 4) is 106 Å². The molecule has 115 heavy (non-hydrogen) atoms. The van der Waals surface area contributed by atoms with Crippen LogP contribution in [0.3, 0.4) is 0 Å².